The van der Waals surface area contributed by atoms with Crippen LogP contribution >= 0.6 is 11.3 Å². The van der Waals surface area contributed by atoms with Crippen LogP contribution < -0.4 is 10.1 Å². The van der Waals surface area contributed by atoms with Gasteiger partial charge in [-0.05, 0) is 36.8 Å². The molecule has 1 aliphatic rings. The highest BCUT2D eigenvalue weighted by molar-refractivity contribution is 7.13. The van der Waals surface area contributed by atoms with E-state index in [0.29, 0.717) is 23.5 Å². The van der Waals surface area contributed by atoms with Crippen LogP contribution in [0.1, 0.15) is 26.2 Å². The van der Waals surface area contributed by atoms with Crippen molar-refractivity contribution in [2.45, 2.75) is 19.3 Å². The number of carbonyl (C=O) groups excluding carboxylic acids is 2. The van der Waals surface area contributed by atoms with Gasteiger partial charge in [-0.25, -0.2) is 0 Å². The second kappa shape index (κ2) is 6.99. The van der Waals surface area contributed by atoms with Crippen molar-refractivity contribution >= 4 is 23.2 Å². The van der Waals surface area contributed by atoms with E-state index in [2.05, 4.69) is 10.1 Å². The maximum Gasteiger partial charge on any atom is 0.573 e. The highest BCUT2D eigenvalue weighted by Gasteiger charge is 2.36. The van der Waals surface area contributed by atoms with Gasteiger partial charge in [0.15, 0.2) is 0 Å². The molecule has 26 heavy (non-hydrogen) atoms. The van der Waals surface area contributed by atoms with E-state index in [1.807, 2.05) is 13.0 Å². The van der Waals surface area contributed by atoms with Gasteiger partial charge in [0.05, 0.1) is 4.88 Å². The molecule has 1 aromatic carbocycles. The van der Waals surface area contributed by atoms with Crippen molar-refractivity contribution in [2.24, 2.45) is 0 Å². The number of amides is 2. The summed E-state index contributed by atoms with van der Waals surface area (Å²) < 4.78 is 40.7. The third-order valence-electron chi connectivity index (χ3n) is 3.85. The molecule has 0 spiro atoms. The Kier molecular flexibility index (Phi) is 4.90. The van der Waals surface area contributed by atoms with Gasteiger partial charge in [-0.2, -0.15) is 0 Å². The molecule has 138 valence electrons. The average molecular weight is 384 g/mol. The highest BCUT2D eigenvalue weighted by Crippen LogP contribution is 2.30. The molecule has 0 aliphatic carbocycles. The molecule has 1 aromatic heterocycles. The number of hydrogen-bond donors (Lipinski definition) is 1. The summed E-state index contributed by atoms with van der Waals surface area (Å²) >= 11 is 1.33. The Bertz CT molecular complexity index is 817. The molecule has 3 rings (SSSR count). The summed E-state index contributed by atoms with van der Waals surface area (Å²) in [5.74, 6) is -1.04. The fourth-order valence-electron chi connectivity index (χ4n) is 2.76. The largest absolute Gasteiger partial charge is 0.573 e. The van der Waals surface area contributed by atoms with Crippen molar-refractivity contribution in [1.29, 1.82) is 0 Å². The zero-order valence-electron chi connectivity index (χ0n) is 13.7. The molecule has 2 heterocycles. The monoisotopic (exact) mass is 384 g/mol. The van der Waals surface area contributed by atoms with Gasteiger partial charge < -0.3 is 15.0 Å². The summed E-state index contributed by atoms with van der Waals surface area (Å²) in [4.78, 5) is 28.0. The van der Waals surface area contributed by atoms with Gasteiger partial charge in [-0.3, -0.25) is 9.59 Å². The van der Waals surface area contributed by atoms with Crippen LogP contribution in [0.2, 0.25) is 0 Å². The SMILES string of the molecule is Cc1ccc(C(=O)N2CCNC(=O)C2c2ccc(OC(F)(F)F)cc2)s1. The van der Waals surface area contributed by atoms with Crippen LogP contribution in [0, 0.1) is 6.92 Å². The van der Waals surface area contributed by atoms with Crippen LogP contribution in [-0.2, 0) is 4.79 Å². The molecule has 0 saturated carbocycles. The minimum absolute atomic E-state index is 0.279. The van der Waals surface area contributed by atoms with Crippen LogP contribution in [0.3, 0.4) is 0 Å². The first kappa shape index (κ1) is 18.2. The van der Waals surface area contributed by atoms with Crippen LogP contribution in [0.25, 0.3) is 0 Å². The smallest absolute Gasteiger partial charge is 0.406 e. The number of halogens is 3. The summed E-state index contributed by atoms with van der Waals surface area (Å²) in [7, 11) is 0. The third-order valence-corrected chi connectivity index (χ3v) is 4.84. The average Bonchev–Trinajstić information content (AvgIpc) is 3.00. The van der Waals surface area contributed by atoms with Gasteiger partial charge in [0, 0.05) is 18.0 Å². The number of carbonyl (C=O) groups is 2. The van der Waals surface area contributed by atoms with Crippen LogP contribution in [0.4, 0.5) is 13.2 Å². The van der Waals surface area contributed by atoms with Crippen molar-refractivity contribution in [2.75, 3.05) is 13.1 Å². The lowest BCUT2D eigenvalue weighted by Gasteiger charge is -2.35. The minimum Gasteiger partial charge on any atom is -0.406 e. The normalized spacial score (nSPS) is 17.8. The molecule has 2 amide bonds. The minimum atomic E-state index is -4.79. The number of nitrogens with one attached hydrogen (secondary N) is 1. The van der Waals surface area contributed by atoms with Gasteiger partial charge in [0.2, 0.25) is 5.91 Å². The van der Waals surface area contributed by atoms with Gasteiger partial charge in [-0.1, -0.05) is 12.1 Å². The van der Waals surface area contributed by atoms with Crippen molar-refractivity contribution in [3.8, 4) is 5.75 Å². The van der Waals surface area contributed by atoms with E-state index in [1.165, 1.54) is 28.4 Å². The van der Waals surface area contributed by atoms with Crippen LogP contribution in [0.15, 0.2) is 36.4 Å². The number of hydrogen-bond acceptors (Lipinski definition) is 4. The summed E-state index contributed by atoms with van der Waals surface area (Å²) in [5.41, 5.74) is 0.415. The number of piperazine rings is 1. The van der Waals surface area contributed by atoms with E-state index in [9.17, 15) is 22.8 Å². The summed E-state index contributed by atoms with van der Waals surface area (Å²) in [6, 6.07) is 7.59. The first-order valence-electron chi connectivity index (χ1n) is 7.75. The Labute approximate surface area is 151 Å². The second-order valence-corrected chi connectivity index (χ2v) is 7.01. The fourth-order valence-corrected chi connectivity index (χ4v) is 3.58. The van der Waals surface area contributed by atoms with E-state index in [0.717, 1.165) is 17.0 Å². The van der Waals surface area contributed by atoms with Gasteiger partial charge >= 0.3 is 6.36 Å². The molecule has 1 unspecified atom stereocenters. The quantitative estimate of drug-likeness (QED) is 0.884. The summed E-state index contributed by atoms with van der Waals surface area (Å²) in [6.45, 7) is 2.51. The van der Waals surface area contributed by atoms with E-state index in [4.69, 9.17) is 0 Å². The molecule has 0 radical (unpaired) electrons. The van der Waals surface area contributed by atoms with Crippen molar-refractivity contribution in [3.05, 3.63) is 51.7 Å². The third kappa shape index (κ3) is 3.98. The molecule has 1 atom stereocenters. The Morgan fingerprint density at radius 3 is 2.50 bits per heavy atom. The molecule has 2 aromatic rings. The number of ether oxygens (including phenoxy) is 1. The predicted molar refractivity (Wildman–Crippen MR) is 89.0 cm³/mol. The summed E-state index contributed by atoms with van der Waals surface area (Å²) in [5, 5.41) is 2.68. The molecule has 1 saturated heterocycles. The lowest BCUT2D eigenvalue weighted by Crippen LogP contribution is -2.52. The highest BCUT2D eigenvalue weighted by atomic mass is 32.1. The Morgan fingerprint density at radius 2 is 1.92 bits per heavy atom. The predicted octanol–water partition coefficient (Wildman–Crippen LogP) is 3.27. The van der Waals surface area contributed by atoms with Crippen molar-refractivity contribution in [3.63, 3.8) is 0 Å². The number of benzene rings is 1. The number of nitrogens with zero attached hydrogens (tertiary/aromatic N) is 1. The lowest BCUT2D eigenvalue weighted by atomic mass is 10.0. The molecular weight excluding hydrogens is 369 g/mol. The molecule has 9 heteroatoms. The van der Waals surface area contributed by atoms with Gasteiger partial charge in [0.25, 0.3) is 5.91 Å². The molecule has 1 fully saturated rings. The van der Waals surface area contributed by atoms with Crippen LogP contribution in [0.5, 0.6) is 5.75 Å². The standard InChI is InChI=1S/C17H15F3N2O3S/c1-10-2-7-13(26-10)16(24)22-9-8-21-15(23)14(22)11-3-5-12(6-4-11)25-17(18,19)20/h2-7,14H,8-9H2,1H3,(H,21,23). The molecule has 5 nitrogen and oxygen atoms in total. The fraction of sp³-hybridized carbons (Fsp3) is 0.294. The van der Waals surface area contributed by atoms with Crippen molar-refractivity contribution < 1.29 is 27.5 Å². The number of thiophene rings is 1. The maximum absolute atomic E-state index is 12.8. The molecule has 0 bridgehead atoms. The van der Waals surface area contributed by atoms with E-state index in [1.54, 1.807) is 6.07 Å². The molecule has 1 aliphatic heterocycles. The van der Waals surface area contributed by atoms with E-state index in [-0.39, 0.29) is 17.6 Å². The van der Waals surface area contributed by atoms with Crippen LogP contribution in [-0.4, -0.2) is 36.2 Å². The second-order valence-electron chi connectivity index (χ2n) is 5.72. The molecular formula is C17H15F3N2O3S. The van der Waals surface area contributed by atoms with Gasteiger partial charge in [0.1, 0.15) is 11.8 Å². The number of rotatable bonds is 3. The van der Waals surface area contributed by atoms with E-state index >= 15 is 0 Å². The zero-order valence-corrected chi connectivity index (χ0v) is 14.5. The lowest BCUT2D eigenvalue weighted by molar-refractivity contribution is -0.274. The topological polar surface area (TPSA) is 58.6 Å². The Balaban J connectivity index is 1.87. The first-order chi connectivity index (χ1) is 12.2. The summed E-state index contributed by atoms with van der Waals surface area (Å²) in [6.07, 6.45) is -4.79. The van der Waals surface area contributed by atoms with Crippen molar-refractivity contribution in [1.82, 2.24) is 10.2 Å². The maximum atomic E-state index is 12.8. The number of alkyl halides is 3. The Hall–Kier alpha value is -2.55. The Morgan fingerprint density at radius 1 is 1.23 bits per heavy atom. The van der Waals surface area contributed by atoms with E-state index < -0.39 is 12.4 Å². The zero-order chi connectivity index (χ0) is 18.9. The number of aryl methyl sites for hydroxylation is 1. The first-order valence-corrected chi connectivity index (χ1v) is 8.57. The van der Waals surface area contributed by atoms with Gasteiger partial charge in [-0.15, -0.1) is 24.5 Å². The molecule has 1 N–H and O–H groups in total.